The van der Waals surface area contributed by atoms with E-state index in [1.807, 2.05) is 6.26 Å². The van der Waals surface area contributed by atoms with Gasteiger partial charge in [0.1, 0.15) is 23.1 Å². The van der Waals surface area contributed by atoms with Gasteiger partial charge in [-0.1, -0.05) is 24.6 Å². The molecular weight excluding hydrogens is 506 g/mol. The fraction of sp³-hybridized carbons (Fsp3) is 0.393. The first-order valence-corrected chi connectivity index (χ1v) is 13.3. The third-order valence-electron chi connectivity index (χ3n) is 5.40. The van der Waals surface area contributed by atoms with Crippen molar-refractivity contribution in [2.24, 2.45) is 0 Å². The molecule has 0 heterocycles. The number of methoxy groups -OCH3 is 1. The lowest BCUT2D eigenvalue weighted by Crippen LogP contribution is -2.51. The number of hydrogen-bond donors (Lipinski definition) is 3. The van der Waals surface area contributed by atoms with Crippen LogP contribution in [0.25, 0.3) is 0 Å². The van der Waals surface area contributed by atoms with Crippen LogP contribution in [0.2, 0.25) is 0 Å². The highest BCUT2D eigenvalue weighted by Crippen LogP contribution is 2.33. The number of benzene rings is 2. The SMILES string of the molecule is C#CN(C(=O)C(CCSC)NC(=O)OC(C)(C)C)C(C(=O)Nc1ccc(OC)cc1)c1cccc(C)c1O. The Bertz CT molecular complexity index is 1170. The summed E-state index contributed by atoms with van der Waals surface area (Å²) >= 11 is 1.48. The lowest BCUT2D eigenvalue weighted by atomic mass is 9.99. The number of hydrogen-bond acceptors (Lipinski definition) is 7. The molecule has 0 saturated carbocycles. The molecule has 0 aliphatic heterocycles. The van der Waals surface area contributed by atoms with Crippen molar-refractivity contribution in [1.29, 1.82) is 0 Å². The van der Waals surface area contributed by atoms with Gasteiger partial charge in [-0.2, -0.15) is 11.8 Å². The van der Waals surface area contributed by atoms with E-state index >= 15 is 0 Å². The summed E-state index contributed by atoms with van der Waals surface area (Å²) in [5, 5.41) is 16.2. The average molecular weight is 542 g/mol. The molecule has 9 nitrogen and oxygen atoms in total. The number of phenols is 1. The fourth-order valence-corrected chi connectivity index (χ4v) is 4.03. The van der Waals surface area contributed by atoms with E-state index in [9.17, 15) is 19.5 Å². The minimum absolute atomic E-state index is 0.142. The van der Waals surface area contributed by atoms with Gasteiger partial charge in [0, 0.05) is 17.3 Å². The highest BCUT2D eigenvalue weighted by atomic mass is 32.2. The maximum atomic E-state index is 13.8. The number of amides is 3. The Kier molecular flexibility index (Phi) is 10.9. The summed E-state index contributed by atoms with van der Waals surface area (Å²) in [5.74, 6) is -0.382. The summed E-state index contributed by atoms with van der Waals surface area (Å²) in [6.45, 7) is 6.79. The normalized spacial score (nSPS) is 12.4. The van der Waals surface area contributed by atoms with E-state index < -0.39 is 35.6 Å². The number of anilines is 1. The molecule has 0 saturated heterocycles. The molecule has 2 atom stereocenters. The van der Waals surface area contributed by atoms with Gasteiger partial charge < -0.3 is 25.2 Å². The summed E-state index contributed by atoms with van der Waals surface area (Å²) in [7, 11) is 1.53. The molecule has 0 bridgehead atoms. The molecule has 204 valence electrons. The van der Waals surface area contributed by atoms with Gasteiger partial charge in [-0.25, -0.2) is 4.79 Å². The number of carbonyl (C=O) groups excluding carboxylic acids is 3. The second-order valence-corrected chi connectivity index (χ2v) is 10.4. The number of phenolic OH excluding ortho intramolecular Hbond substituents is 1. The maximum absolute atomic E-state index is 13.8. The van der Waals surface area contributed by atoms with Crippen LogP contribution in [0.5, 0.6) is 11.5 Å². The highest BCUT2D eigenvalue weighted by Gasteiger charge is 2.37. The number of terminal acetylenes is 1. The number of aryl methyl sites for hydroxylation is 1. The number of ether oxygens (including phenoxy) is 2. The summed E-state index contributed by atoms with van der Waals surface area (Å²) < 4.78 is 10.5. The van der Waals surface area contributed by atoms with E-state index in [-0.39, 0.29) is 17.7 Å². The van der Waals surface area contributed by atoms with Crippen molar-refractivity contribution in [2.45, 2.75) is 51.8 Å². The van der Waals surface area contributed by atoms with Gasteiger partial charge in [0.25, 0.3) is 11.8 Å². The molecule has 38 heavy (non-hydrogen) atoms. The van der Waals surface area contributed by atoms with Crippen LogP contribution in [0.3, 0.4) is 0 Å². The predicted octanol–water partition coefficient (Wildman–Crippen LogP) is 4.45. The second-order valence-electron chi connectivity index (χ2n) is 9.45. The van der Waals surface area contributed by atoms with Crippen molar-refractivity contribution in [1.82, 2.24) is 10.2 Å². The molecule has 2 rings (SSSR count). The number of nitrogens with one attached hydrogen (secondary N) is 2. The van der Waals surface area contributed by atoms with Gasteiger partial charge in [0.15, 0.2) is 6.04 Å². The van der Waals surface area contributed by atoms with Crippen LogP contribution in [0.15, 0.2) is 42.5 Å². The summed E-state index contributed by atoms with van der Waals surface area (Å²) in [6.07, 6.45) is 7.12. The van der Waals surface area contributed by atoms with Gasteiger partial charge >= 0.3 is 6.09 Å². The van der Waals surface area contributed by atoms with Gasteiger partial charge in [-0.3, -0.25) is 14.5 Å². The monoisotopic (exact) mass is 541 g/mol. The lowest BCUT2D eigenvalue weighted by molar-refractivity contribution is -0.136. The first-order valence-electron chi connectivity index (χ1n) is 11.9. The molecule has 0 radical (unpaired) electrons. The van der Waals surface area contributed by atoms with E-state index in [2.05, 4.69) is 16.7 Å². The van der Waals surface area contributed by atoms with Gasteiger partial charge in [-0.05, 0) is 76.0 Å². The van der Waals surface area contributed by atoms with Gasteiger partial charge in [-0.15, -0.1) is 0 Å². The van der Waals surface area contributed by atoms with Crippen molar-refractivity contribution in [2.75, 3.05) is 24.4 Å². The summed E-state index contributed by atoms with van der Waals surface area (Å²) in [4.78, 5) is 40.8. The molecule has 0 aliphatic rings. The quantitative estimate of drug-likeness (QED) is 0.300. The van der Waals surface area contributed by atoms with Crippen molar-refractivity contribution in [3.63, 3.8) is 0 Å². The third-order valence-corrected chi connectivity index (χ3v) is 6.05. The molecule has 2 aromatic rings. The van der Waals surface area contributed by atoms with E-state index in [4.69, 9.17) is 15.9 Å². The number of carbonyl (C=O) groups is 3. The molecule has 0 aromatic heterocycles. The van der Waals surface area contributed by atoms with Gasteiger partial charge in [0.05, 0.1) is 7.11 Å². The number of rotatable bonds is 10. The number of para-hydroxylation sites is 1. The zero-order valence-corrected chi connectivity index (χ0v) is 23.3. The fourth-order valence-electron chi connectivity index (χ4n) is 3.56. The number of alkyl carbamates (subject to hydrolysis) is 1. The van der Waals surface area contributed by atoms with E-state index in [0.717, 1.165) is 4.90 Å². The van der Waals surface area contributed by atoms with E-state index in [1.54, 1.807) is 64.1 Å². The van der Waals surface area contributed by atoms with Crippen LogP contribution in [0.4, 0.5) is 10.5 Å². The summed E-state index contributed by atoms with van der Waals surface area (Å²) in [5.41, 5.74) is 0.295. The molecule has 2 aromatic carbocycles. The number of nitrogens with zero attached hydrogens (tertiary/aromatic N) is 1. The average Bonchev–Trinajstić information content (AvgIpc) is 2.86. The zero-order valence-electron chi connectivity index (χ0n) is 22.5. The Balaban J connectivity index is 2.49. The first-order chi connectivity index (χ1) is 17.9. The standard InChI is InChI=1S/C28H35N3O6S/c1-8-31(26(34)22(16-17-38-7)30-27(35)37-28(3,4)5)23(21-11-9-10-18(2)24(21)32)25(33)29-19-12-14-20(36-6)15-13-19/h1,9-15,22-23,32H,16-17H2,2-7H3,(H,29,33)(H,30,35). The Morgan fingerprint density at radius 1 is 1.16 bits per heavy atom. The molecule has 0 spiro atoms. The zero-order chi connectivity index (χ0) is 28.5. The molecular formula is C28H35N3O6S. The van der Waals surface area contributed by atoms with E-state index in [1.165, 1.54) is 24.9 Å². The van der Waals surface area contributed by atoms with Crippen molar-refractivity contribution in [3.8, 4) is 24.0 Å². The molecule has 3 N–H and O–H groups in total. The van der Waals surface area contributed by atoms with Crippen molar-refractivity contribution < 1.29 is 29.0 Å². The largest absolute Gasteiger partial charge is 0.507 e. The Labute approximate surface area is 228 Å². The smallest absolute Gasteiger partial charge is 0.408 e. The van der Waals surface area contributed by atoms with Crippen LogP contribution in [-0.4, -0.2) is 58.7 Å². The molecule has 0 aliphatic carbocycles. The van der Waals surface area contributed by atoms with Crippen molar-refractivity contribution >= 4 is 35.4 Å². The van der Waals surface area contributed by atoms with E-state index in [0.29, 0.717) is 22.8 Å². The molecule has 3 amide bonds. The minimum Gasteiger partial charge on any atom is -0.507 e. The topological polar surface area (TPSA) is 117 Å². The molecule has 10 heteroatoms. The number of thioether (sulfide) groups is 1. The van der Waals surface area contributed by atoms with Gasteiger partial charge in [0.2, 0.25) is 0 Å². The molecule has 0 fully saturated rings. The number of aromatic hydroxyl groups is 1. The Morgan fingerprint density at radius 3 is 2.37 bits per heavy atom. The Hall–Kier alpha value is -3.84. The third kappa shape index (κ3) is 8.35. The molecule has 2 unspecified atom stereocenters. The van der Waals surface area contributed by atoms with Crippen LogP contribution in [-0.2, 0) is 14.3 Å². The van der Waals surface area contributed by atoms with Crippen LogP contribution >= 0.6 is 11.8 Å². The lowest BCUT2D eigenvalue weighted by Gasteiger charge is -2.31. The minimum atomic E-state index is -1.40. The predicted molar refractivity (Wildman–Crippen MR) is 149 cm³/mol. The van der Waals surface area contributed by atoms with Crippen molar-refractivity contribution in [3.05, 3.63) is 53.6 Å². The maximum Gasteiger partial charge on any atom is 0.408 e. The second kappa shape index (κ2) is 13.6. The summed E-state index contributed by atoms with van der Waals surface area (Å²) in [6, 6.07) is 11.3. The van der Waals surface area contributed by atoms with Crippen LogP contribution in [0, 0.1) is 19.4 Å². The Morgan fingerprint density at radius 2 is 1.82 bits per heavy atom. The van der Waals surface area contributed by atoms with Crippen LogP contribution < -0.4 is 15.4 Å². The van der Waals surface area contributed by atoms with Crippen LogP contribution in [0.1, 0.15) is 44.4 Å². The first kappa shape index (κ1) is 30.4. The highest BCUT2D eigenvalue weighted by molar-refractivity contribution is 7.98.